The first-order valence-electron chi connectivity index (χ1n) is 9.87. The maximum atomic E-state index is 13.2. The van der Waals surface area contributed by atoms with Gasteiger partial charge in [-0.2, -0.15) is 0 Å². The van der Waals surface area contributed by atoms with Gasteiger partial charge in [0.05, 0.1) is 7.11 Å². The summed E-state index contributed by atoms with van der Waals surface area (Å²) in [5.41, 5.74) is 0.791. The molecule has 3 aliphatic rings. The predicted octanol–water partition coefficient (Wildman–Crippen LogP) is 2.95. The Hall–Kier alpha value is -1.88. The lowest BCUT2D eigenvalue weighted by Gasteiger charge is -2.28. The molecule has 0 aromatic heterocycles. The number of benzene rings is 1. The summed E-state index contributed by atoms with van der Waals surface area (Å²) in [6.45, 7) is 7.84. The SMILES string of the molecule is CCC1=N[C@@]2(CC[C@@H]3CN(Cc4cccc(OC)c4)C[C@@H]32)C(=O)N1CC. The quantitative estimate of drug-likeness (QED) is 0.816. The molecule has 26 heavy (non-hydrogen) atoms. The van der Waals surface area contributed by atoms with Crippen LogP contribution in [0.2, 0.25) is 0 Å². The molecule has 140 valence electrons. The van der Waals surface area contributed by atoms with Gasteiger partial charge in [-0.1, -0.05) is 19.1 Å². The van der Waals surface area contributed by atoms with Gasteiger partial charge in [-0.3, -0.25) is 19.6 Å². The smallest absolute Gasteiger partial charge is 0.256 e. The Kier molecular flexibility index (Phi) is 4.51. The molecule has 0 bridgehead atoms. The summed E-state index contributed by atoms with van der Waals surface area (Å²) in [6, 6.07) is 8.29. The topological polar surface area (TPSA) is 45.1 Å². The van der Waals surface area contributed by atoms with Crippen molar-refractivity contribution in [3.8, 4) is 5.75 Å². The lowest BCUT2D eigenvalue weighted by atomic mass is 9.85. The predicted molar refractivity (Wildman–Crippen MR) is 102 cm³/mol. The average molecular weight is 355 g/mol. The highest BCUT2D eigenvalue weighted by molar-refractivity contribution is 6.08. The van der Waals surface area contributed by atoms with Crippen LogP contribution in [0.25, 0.3) is 0 Å². The molecular formula is C21H29N3O2. The average Bonchev–Trinajstić information content (AvgIpc) is 3.29. The lowest BCUT2D eigenvalue weighted by molar-refractivity contribution is -0.132. The minimum atomic E-state index is -0.477. The Morgan fingerprint density at radius 1 is 1.31 bits per heavy atom. The van der Waals surface area contributed by atoms with E-state index in [1.165, 1.54) is 5.56 Å². The van der Waals surface area contributed by atoms with Gasteiger partial charge in [0.2, 0.25) is 0 Å². The number of carbonyl (C=O) groups excluding carboxylic acids is 1. The fourth-order valence-electron chi connectivity index (χ4n) is 5.23. The normalized spacial score (nSPS) is 31.0. The van der Waals surface area contributed by atoms with E-state index in [0.717, 1.165) is 57.0 Å². The summed E-state index contributed by atoms with van der Waals surface area (Å²) in [5, 5.41) is 0. The molecule has 1 saturated carbocycles. The number of amides is 1. The van der Waals surface area contributed by atoms with Crippen LogP contribution < -0.4 is 4.74 Å². The van der Waals surface area contributed by atoms with Gasteiger partial charge in [0.25, 0.3) is 5.91 Å². The van der Waals surface area contributed by atoms with Crippen molar-refractivity contribution in [1.82, 2.24) is 9.80 Å². The lowest BCUT2D eigenvalue weighted by Crippen LogP contribution is -2.46. The van der Waals surface area contributed by atoms with E-state index in [9.17, 15) is 4.79 Å². The van der Waals surface area contributed by atoms with Gasteiger partial charge in [-0.15, -0.1) is 0 Å². The molecule has 4 rings (SSSR count). The van der Waals surface area contributed by atoms with Gasteiger partial charge in [-0.05, 0) is 43.4 Å². The van der Waals surface area contributed by atoms with Crippen molar-refractivity contribution in [2.45, 2.75) is 45.2 Å². The van der Waals surface area contributed by atoms with Crippen LogP contribution in [0, 0.1) is 11.8 Å². The van der Waals surface area contributed by atoms with Gasteiger partial charge in [0, 0.05) is 38.5 Å². The first kappa shape index (κ1) is 17.5. The second-order valence-electron chi connectivity index (χ2n) is 7.81. The first-order chi connectivity index (χ1) is 12.6. The van der Waals surface area contributed by atoms with Crippen molar-refractivity contribution < 1.29 is 9.53 Å². The van der Waals surface area contributed by atoms with Gasteiger partial charge >= 0.3 is 0 Å². The summed E-state index contributed by atoms with van der Waals surface area (Å²) in [5.74, 6) is 3.10. The Labute approximate surface area is 156 Å². The molecule has 1 aliphatic carbocycles. The van der Waals surface area contributed by atoms with E-state index in [-0.39, 0.29) is 5.91 Å². The van der Waals surface area contributed by atoms with Gasteiger partial charge in [-0.25, -0.2) is 0 Å². The molecule has 1 aromatic rings. The van der Waals surface area contributed by atoms with E-state index < -0.39 is 5.54 Å². The number of hydrogen-bond donors (Lipinski definition) is 0. The second-order valence-corrected chi connectivity index (χ2v) is 7.81. The summed E-state index contributed by atoms with van der Waals surface area (Å²) in [7, 11) is 1.71. The zero-order valence-electron chi connectivity index (χ0n) is 16.1. The molecule has 3 atom stereocenters. The van der Waals surface area contributed by atoms with E-state index in [1.54, 1.807) is 7.11 Å². The molecule has 5 heteroatoms. The zero-order chi connectivity index (χ0) is 18.3. The number of nitrogens with zero attached hydrogens (tertiary/aromatic N) is 3. The minimum absolute atomic E-state index is 0.257. The van der Waals surface area contributed by atoms with Crippen LogP contribution in [0.5, 0.6) is 5.75 Å². The summed E-state index contributed by atoms with van der Waals surface area (Å²) >= 11 is 0. The fourth-order valence-corrected chi connectivity index (χ4v) is 5.23. The van der Waals surface area contributed by atoms with Crippen LogP contribution in [0.3, 0.4) is 0 Å². The Morgan fingerprint density at radius 3 is 2.85 bits per heavy atom. The van der Waals surface area contributed by atoms with Gasteiger partial charge in [0.15, 0.2) is 0 Å². The third-order valence-electron chi connectivity index (χ3n) is 6.45. The number of hydrogen-bond acceptors (Lipinski definition) is 4. The van der Waals surface area contributed by atoms with Crippen LogP contribution in [0.4, 0.5) is 0 Å². The van der Waals surface area contributed by atoms with Crippen LogP contribution in [0.1, 0.15) is 38.7 Å². The zero-order valence-corrected chi connectivity index (χ0v) is 16.1. The van der Waals surface area contributed by atoms with Crippen LogP contribution in [-0.4, -0.2) is 53.8 Å². The Balaban J connectivity index is 1.52. The van der Waals surface area contributed by atoms with Crippen molar-refractivity contribution in [2.24, 2.45) is 16.8 Å². The van der Waals surface area contributed by atoms with Crippen LogP contribution in [0.15, 0.2) is 29.3 Å². The molecule has 0 unspecified atom stereocenters. The largest absolute Gasteiger partial charge is 0.497 e. The number of likely N-dealkylation sites (N-methyl/N-ethyl adjacent to an activating group) is 1. The Morgan fingerprint density at radius 2 is 2.15 bits per heavy atom. The highest BCUT2D eigenvalue weighted by Gasteiger charge is 2.60. The molecular weight excluding hydrogens is 326 g/mol. The standard InChI is InChI=1S/C21H29N3O2/c1-4-19-22-21(20(25)24(19)5-2)10-9-16-13-23(14-18(16)21)12-15-7-6-8-17(11-15)26-3/h6-8,11,16,18H,4-5,9-10,12-14H2,1-3H3/t16-,18+,21-/m1/s1. The molecule has 0 radical (unpaired) electrons. The van der Waals surface area contributed by atoms with E-state index >= 15 is 0 Å². The van der Waals surface area contributed by atoms with Crippen molar-refractivity contribution >= 4 is 11.7 Å². The van der Waals surface area contributed by atoms with E-state index in [1.807, 2.05) is 17.0 Å². The number of carbonyl (C=O) groups is 1. The number of amidine groups is 1. The molecule has 5 nitrogen and oxygen atoms in total. The third kappa shape index (κ3) is 2.64. The van der Waals surface area contributed by atoms with Crippen LogP contribution >= 0.6 is 0 Å². The third-order valence-corrected chi connectivity index (χ3v) is 6.45. The maximum absolute atomic E-state index is 13.2. The molecule has 0 N–H and O–H groups in total. The van der Waals surface area contributed by atoms with Crippen molar-refractivity contribution in [2.75, 3.05) is 26.7 Å². The minimum Gasteiger partial charge on any atom is -0.497 e. The maximum Gasteiger partial charge on any atom is 0.256 e. The number of ether oxygens (including phenoxy) is 1. The number of fused-ring (bicyclic) bond motifs is 2. The summed E-state index contributed by atoms with van der Waals surface area (Å²) < 4.78 is 5.35. The summed E-state index contributed by atoms with van der Waals surface area (Å²) in [6.07, 6.45) is 2.88. The van der Waals surface area contributed by atoms with E-state index in [2.05, 4.69) is 30.9 Å². The monoisotopic (exact) mass is 355 g/mol. The molecule has 1 saturated heterocycles. The second kappa shape index (κ2) is 6.69. The molecule has 1 spiro atoms. The highest BCUT2D eigenvalue weighted by atomic mass is 16.5. The van der Waals surface area contributed by atoms with Crippen molar-refractivity contribution in [1.29, 1.82) is 0 Å². The number of likely N-dealkylation sites (tertiary alicyclic amines) is 1. The van der Waals surface area contributed by atoms with Gasteiger partial charge < -0.3 is 4.74 Å². The van der Waals surface area contributed by atoms with E-state index in [0.29, 0.717) is 11.8 Å². The molecule has 1 amide bonds. The van der Waals surface area contributed by atoms with Crippen molar-refractivity contribution in [3.63, 3.8) is 0 Å². The first-order valence-corrected chi connectivity index (χ1v) is 9.87. The van der Waals surface area contributed by atoms with Crippen molar-refractivity contribution in [3.05, 3.63) is 29.8 Å². The number of aliphatic imine (C=N–C) groups is 1. The Bertz CT molecular complexity index is 732. The molecule has 2 aliphatic heterocycles. The molecule has 2 heterocycles. The number of rotatable bonds is 5. The summed E-state index contributed by atoms with van der Waals surface area (Å²) in [4.78, 5) is 22.6. The molecule has 2 fully saturated rings. The van der Waals surface area contributed by atoms with E-state index in [4.69, 9.17) is 9.73 Å². The number of methoxy groups -OCH3 is 1. The van der Waals surface area contributed by atoms with Crippen LogP contribution in [-0.2, 0) is 11.3 Å². The molecule has 1 aromatic carbocycles. The fraction of sp³-hybridized carbons (Fsp3) is 0.619. The highest BCUT2D eigenvalue weighted by Crippen LogP contribution is 2.50. The van der Waals surface area contributed by atoms with Gasteiger partial charge in [0.1, 0.15) is 17.1 Å².